The average molecular weight is 495 g/mol. The van der Waals surface area contributed by atoms with E-state index in [2.05, 4.69) is 15.3 Å². The molecule has 1 aliphatic rings. The smallest absolute Gasteiger partial charge is 0.277 e. The highest BCUT2D eigenvalue weighted by Crippen LogP contribution is 2.34. The Hall–Kier alpha value is -3.56. The van der Waals surface area contributed by atoms with Gasteiger partial charge in [-0.2, -0.15) is 5.10 Å². The first-order chi connectivity index (χ1) is 16.6. The van der Waals surface area contributed by atoms with Crippen LogP contribution in [-0.2, 0) is 4.79 Å². The highest BCUT2D eigenvalue weighted by atomic mass is 35.5. The van der Waals surface area contributed by atoms with Crippen molar-refractivity contribution in [2.24, 2.45) is 5.10 Å². The number of carbonyl (C=O) groups is 1. The zero-order valence-corrected chi connectivity index (χ0v) is 19.6. The van der Waals surface area contributed by atoms with E-state index in [0.29, 0.717) is 28.3 Å². The first kappa shape index (κ1) is 22.2. The van der Waals surface area contributed by atoms with Gasteiger partial charge in [-0.05, 0) is 66.2 Å². The molecular formula is C24H19ClN4O4S. The third-order valence-electron chi connectivity index (χ3n) is 5.28. The number of rotatable bonds is 7. The molecule has 1 unspecified atom stereocenters. The molecule has 4 aromatic rings. The molecule has 0 bridgehead atoms. The number of furan rings is 1. The highest BCUT2D eigenvalue weighted by molar-refractivity contribution is 7.99. The van der Waals surface area contributed by atoms with Gasteiger partial charge in [-0.25, -0.2) is 5.01 Å². The van der Waals surface area contributed by atoms with Crippen LogP contribution >= 0.6 is 23.4 Å². The van der Waals surface area contributed by atoms with E-state index in [4.69, 9.17) is 25.2 Å². The minimum Gasteiger partial charge on any atom is -0.497 e. The molecule has 0 aliphatic carbocycles. The lowest BCUT2D eigenvalue weighted by Gasteiger charge is -2.19. The van der Waals surface area contributed by atoms with Gasteiger partial charge in [0, 0.05) is 17.0 Å². The van der Waals surface area contributed by atoms with Gasteiger partial charge in [0.15, 0.2) is 0 Å². The Labute approximate surface area is 204 Å². The highest BCUT2D eigenvalue weighted by Gasteiger charge is 2.35. The van der Waals surface area contributed by atoms with Crippen molar-refractivity contribution in [3.63, 3.8) is 0 Å². The molecule has 34 heavy (non-hydrogen) atoms. The van der Waals surface area contributed by atoms with Crippen molar-refractivity contribution in [2.45, 2.75) is 17.7 Å². The fourth-order valence-corrected chi connectivity index (χ4v) is 4.31. The van der Waals surface area contributed by atoms with Gasteiger partial charge in [-0.3, -0.25) is 4.79 Å². The Kier molecular flexibility index (Phi) is 6.37. The summed E-state index contributed by atoms with van der Waals surface area (Å²) >= 11 is 7.09. The Morgan fingerprint density at radius 1 is 1.12 bits per heavy atom. The molecule has 0 spiro atoms. The summed E-state index contributed by atoms with van der Waals surface area (Å²) in [5.74, 6) is 1.68. The number of aromatic nitrogens is 2. The normalized spacial score (nSPS) is 15.4. The first-order valence-corrected chi connectivity index (χ1v) is 11.8. The van der Waals surface area contributed by atoms with E-state index < -0.39 is 0 Å². The maximum absolute atomic E-state index is 13.1. The monoisotopic (exact) mass is 494 g/mol. The number of benzene rings is 2. The van der Waals surface area contributed by atoms with Gasteiger partial charge in [0.2, 0.25) is 5.89 Å². The predicted octanol–water partition coefficient (Wildman–Crippen LogP) is 5.46. The molecule has 1 atom stereocenters. The molecule has 1 amide bonds. The van der Waals surface area contributed by atoms with E-state index in [9.17, 15) is 4.79 Å². The molecular weight excluding hydrogens is 476 g/mol. The van der Waals surface area contributed by atoms with Crippen molar-refractivity contribution >= 4 is 35.0 Å². The summed E-state index contributed by atoms with van der Waals surface area (Å²) in [5, 5.41) is 15.1. The number of hydrogen-bond acceptors (Lipinski definition) is 8. The summed E-state index contributed by atoms with van der Waals surface area (Å²) in [4.78, 5) is 13.1. The lowest BCUT2D eigenvalue weighted by molar-refractivity contribution is -0.130. The Morgan fingerprint density at radius 2 is 1.88 bits per heavy atom. The van der Waals surface area contributed by atoms with Crippen molar-refractivity contribution in [1.29, 1.82) is 0 Å². The van der Waals surface area contributed by atoms with Crippen LogP contribution in [0.4, 0.5) is 0 Å². The second-order valence-corrected chi connectivity index (χ2v) is 8.78. The molecule has 5 rings (SSSR count). The van der Waals surface area contributed by atoms with Gasteiger partial charge >= 0.3 is 0 Å². The molecule has 172 valence electrons. The molecule has 2 aromatic heterocycles. The lowest BCUT2D eigenvalue weighted by atomic mass is 10.0. The summed E-state index contributed by atoms with van der Waals surface area (Å²) in [6, 6.07) is 18.0. The topological polar surface area (TPSA) is 94.0 Å². The fourth-order valence-electron chi connectivity index (χ4n) is 3.57. The van der Waals surface area contributed by atoms with Crippen LogP contribution in [0.5, 0.6) is 5.75 Å². The number of hydrazone groups is 1. The summed E-state index contributed by atoms with van der Waals surface area (Å²) in [6.45, 7) is 0. The van der Waals surface area contributed by atoms with Gasteiger partial charge in [-0.15, -0.1) is 10.2 Å². The second-order valence-electron chi connectivity index (χ2n) is 7.42. The number of thioether (sulfide) groups is 1. The third kappa shape index (κ3) is 4.71. The van der Waals surface area contributed by atoms with E-state index >= 15 is 0 Å². The van der Waals surface area contributed by atoms with E-state index in [1.807, 2.05) is 30.3 Å². The van der Waals surface area contributed by atoms with Crippen LogP contribution < -0.4 is 4.74 Å². The maximum Gasteiger partial charge on any atom is 0.277 e. The fraction of sp³-hybridized carbons (Fsp3) is 0.167. The molecule has 2 aromatic carbocycles. The molecule has 8 nitrogen and oxygen atoms in total. The van der Waals surface area contributed by atoms with Gasteiger partial charge in [-0.1, -0.05) is 23.4 Å². The minimum absolute atomic E-state index is 0.0822. The number of halogens is 1. The van der Waals surface area contributed by atoms with Crippen LogP contribution in [0.1, 0.15) is 23.8 Å². The SMILES string of the molecule is COc1ccc(C2=NN(C(=O)CSc3nnc(-c4ccc(Cl)cc4)o3)C(c3ccco3)C2)cc1. The van der Waals surface area contributed by atoms with Crippen molar-refractivity contribution < 1.29 is 18.4 Å². The molecule has 0 fully saturated rings. The Balaban J connectivity index is 1.31. The molecule has 0 saturated heterocycles. The van der Waals surface area contributed by atoms with Crippen molar-refractivity contribution in [3.8, 4) is 17.2 Å². The van der Waals surface area contributed by atoms with E-state index in [1.54, 1.807) is 43.7 Å². The van der Waals surface area contributed by atoms with Crippen LogP contribution in [0, 0.1) is 0 Å². The van der Waals surface area contributed by atoms with Crippen LogP contribution in [0.15, 0.2) is 86.1 Å². The van der Waals surface area contributed by atoms with Gasteiger partial charge < -0.3 is 13.6 Å². The Morgan fingerprint density at radius 3 is 2.59 bits per heavy atom. The van der Waals surface area contributed by atoms with E-state index in [1.165, 1.54) is 5.01 Å². The lowest BCUT2D eigenvalue weighted by Crippen LogP contribution is -2.28. The molecule has 3 heterocycles. The molecule has 10 heteroatoms. The summed E-state index contributed by atoms with van der Waals surface area (Å²) in [5.41, 5.74) is 2.47. The van der Waals surface area contributed by atoms with Gasteiger partial charge in [0.1, 0.15) is 17.6 Å². The third-order valence-corrected chi connectivity index (χ3v) is 6.33. The summed E-state index contributed by atoms with van der Waals surface area (Å²) < 4.78 is 16.5. The number of hydrogen-bond donors (Lipinski definition) is 0. The molecule has 0 N–H and O–H groups in total. The molecule has 0 radical (unpaired) electrons. The van der Waals surface area contributed by atoms with Crippen molar-refractivity contribution in [1.82, 2.24) is 15.2 Å². The van der Waals surface area contributed by atoms with Gasteiger partial charge in [0.25, 0.3) is 11.1 Å². The number of carbonyl (C=O) groups excluding carboxylic acids is 1. The predicted molar refractivity (Wildman–Crippen MR) is 128 cm³/mol. The van der Waals surface area contributed by atoms with Crippen molar-refractivity contribution in [2.75, 3.05) is 12.9 Å². The number of nitrogens with zero attached hydrogens (tertiary/aromatic N) is 4. The second kappa shape index (κ2) is 9.74. The summed E-state index contributed by atoms with van der Waals surface area (Å²) in [7, 11) is 1.62. The molecule has 1 aliphatic heterocycles. The Bertz CT molecular complexity index is 1300. The van der Waals surface area contributed by atoms with Crippen LogP contribution in [0.2, 0.25) is 5.02 Å². The quantitative estimate of drug-likeness (QED) is 0.315. The summed E-state index contributed by atoms with van der Waals surface area (Å²) in [6.07, 6.45) is 2.13. The average Bonchev–Trinajstić information content (AvgIpc) is 3.64. The molecule has 0 saturated carbocycles. The zero-order valence-electron chi connectivity index (χ0n) is 18.1. The standard InChI is InChI=1S/C24H19ClN4O4S/c1-31-18-10-6-15(7-11-18)19-13-20(21-3-2-12-32-21)29(28-19)22(30)14-34-24-27-26-23(33-24)16-4-8-17(25)9-5-16/h2-12,20H,13-14H2,1H3. The maximum atomic E-state index is 13.1. The largest absolute Gasteiger partial charge is 0.497 e. The van der Waals surface area contributed by atoms with Crippen LogP contribution in [-0.4, -0.2) is 39.7 Å². The van der Waals surface area contributed by atoms with Crippen molar-refractivity contribution in [3.05, 3.63) is 83.3 Å². The first-order valence-electron chi connectivity index (χ1n) is 10.4. The minimum atomic E-state index is -0.326. The van der Waals surface area contributed by atoms with Crippen LogP contribution in [0.3, 0.4) is 0 Å². The van der Waals surface area contributed by atoms with Gasteiger partial charge in [0.05, 0.1) is 24.8 Å². The number of methoxy groups -OCH3 is 1. The van der Waals surface area contributed by atoms with E-state index in [-0.39, 0.29) is 17.7 Å². The zero-order chi connectivity index (χ0) is 23.5. The van der Waals surface area contributed by atoms with Crippen LogP contribution in [0.25, 0.3) is 11.5 Å². The number of ether oxygens (including phenoxy) is 1. The number of amides is 1. The van der Waals surface area contributed by atoms with E-state index in [0.717, 1.165) is 34.3 Å².